The van der Waals surface area contributed by atoms with Crippen LogP contribution in [0.3, 0.4) is 0 Å². The summed E-state index contributed by atoms with van der Waals surface area (Å²) in [6.07, 6.45) is 5.62. The summed E-state index contributed by atoms with van der Waals surface area (Å²) in [5.74, 6) is 0. The van der Waals surface area contributed by atoms with Crippen LogP contribution in [-0.2, 0) is 0 Å². The van der Waals surface area contributed by atoms with Crippen molar-refractivity contribution < 1.29 is 0 Å². The molecular formula is C11H19ClN4. The monoisotopic (exact) mass is 242 g/mol. The molecule has 5 heteroatoms. The normalized spacial score (nSPS) is 50.1. The van der Waals surface area contributed by atoms with Gasteiger partial charge in [0.15, 0.2) is 0 Å². The van der Waals surface area contributed by atoms with E-state index in [-0.39, 0.29) is 5.50 Å². The molecule has 4 rings (SSSR count). The summed E-state index contributed by atoms with van der Waals surface area (Å²) in [5.41, 5.74) is 4.15. The molecule has 0 aromatic rings. The average Bonchev–Trinajstić information content (AvgIpc) is 2.91. The van der Waals surface area contributed by atoms with E-state index in [0.29, 0.717) is 23.7 Å². The molecule has 1 aliphatic carbocycles. The first-order chi connectivity index (χ1) is 7.78. The van der Waals surface area contributed by atoms with E-state index >= 15 is 0 Å². The highest BCUT2D eigenvalue weighted by Crippen LogP contribution is 2.56. The first kappa shape index (κ1) is 10.1. The maximum atomic E-state index is 6.22. The number of hydrogen-bond donors (Lipinski definition) is 3. The minimum atomic E-state index is 0.106. The zero-order chi connectivity index (χ0) is 10.8. The molecule has 1 spiro atoms. The van der Waals surface area contributed by atoms with Crippen LogP contribution in [0.1, 0.15) is 25.7 Å². The third-order valence-corrected chi connectivity index (χ3v) is 5.13. The number of hydrogen-bond acceptors (Lipinski definition) is 4. The van der Waals surface area contributed by atoms with Gasteiger partial charge in [0.05, 0.1) is 11.7 Å². The number of halogens is 1. The van der Waals surface area contributed by atoms with E-state index in [9.17, 15) is 0 Å². The summed E-state index contributed by atoms with van der Waals surface area (Å²) < 4.78 is 0. The van der Waals surface area contributed by atoms with Gasteiger partial charge in [0.25, 0.3) is 0 Å². The van der Waals surface area contributed by atoms with Crippen LogP contribution < -0.4 is 16.1 Å². The van der Waals surface area contributed by atoms with Gasteiger partial charge >= 0.3 is 0 Å². The van der Waals surface area contributed by atoms with Crippen molar-refractivity contribution >= 4 is 11.6 Å². The van der Waals surface area contributed by atoms with E-state index < -0.39 is 0 Å². The van der Waals surface area contributed by atoms with Gasteiger partial charge in [0.2, 0.25) is 0 Å². The minimum absolute atomic E-state index is 0.106. The molecule has 1 saturated carbocycles. The van der Waals surface area contributed by atoms with Gasteiger partial charge in [-0.1, -0.05) is 0 Å². The molecule has 4 unspecified atom stereocenters. The van der Waals surface area contributed by atoms with E-state index in [1.165, 1.54) is 25.8 Å². The maximum Gasteiger partial charge on any atom is 0.0982 e. The Kier molecular flexibility index (Phi) is 2.10. The molecule has 4 atom stereocenters. The lowest BCUT2D eigenvalue weighted by atomic mass is 9.82. The molecule has 4 aliphatic rings. The number of nitrogens with zero attached hydrogens (tertiary/aromatic N) is 1. The van der Waals surface area contributed by atoms with Gasteiger partial charge in [0, 0.05) is 25.0 Å². The van der Waals surface area contributed by atoms with Gasteiger partial charge in [0.1, 0.15) is 0 Å². The van der Waals surface area contributed by atoms with Crippen molar-refractivity contribution in [2.45, 2.75) is 49.4 Å². The number of alkyl halides is 1. The molecule has 0 aromatic heterocycles. The predicted molar refractivity (Wildman–Crippen MR) is 62.9 cm³/mol. The summed E-state index contributed by atoms with van der Waals surface area (Å²) >= 11 is 6.22. The van der Waals surface area contributed by atoms with E-state index in [4.69, 9.17) is 11.6 Å². The summed E-state index contributed by atoms with van der Waals surface area (Å²) in [6.45, 7) is 2.28. The average molecular weight is 243 g/mol. The molecule has 0 bridgehead atoms. The minimum Gasteiger partial charge on any atom is -0.311 e. The van der Waals surface area contributed by atoms with E-state index in [2.05, 4.69) is 21.1 Å². The molecule has 90 valence electrons. The van der Waals surface area contributed by atoms with Crippen LogP contribution in [0.4, 0.5) is 0 Å². The summed E-state index contributed by atoms with van der Waals surface area (Å²) in [7, 11) is 0. The van der Waals surface area contributed by atoms with Crippen molar-refractivity contribution in [1.29, 1.82) is 0 Å². The van der Waals surface area contributed by atoms with Crippen molar-refractivity contribution in [3.63, 3.8) is 0 Å². The highest BCUT2D eigenvalue weighted by atomic mass is 35.5. The second-order valence-corrected chi connectivity index (χ2v) is 6.31. The van der Waals surface area contributed by atoms with Gasteiger partial charge in [-0.15, -0.1) is 11.6 Å². The third kappa shape index (κ3) is 1.31. The summed E-state index contributed by atoms with van der Waals surface area (Å²) in [5, 5.41) is 9.67. The van der Waals surface area contributed by atoms with Crippen molar-refractivity contribution in [3.8, 4) is 0 Å². The molecular weight excluding hydrogens is 224 g/mol. The smallest absolute Gasteiger partial charge is 0.0982 e. The summed E-state index contributed by atoms with van der Waals surface area (Å²) in [4.78, 5) is 0. The lowest BCUT2D eigenvalue weighted by Crippen LogP contribution is -2.71. The third-order valence-electron chi connectivity index (χ3n) is 4.86. The highest BCUT2D eigenvalue weighted by molar-refractivity contribution is 6.20. The van der Waals surface area contributed by atoms with Crippen LogP contribution in [0.15, 0.2) is 0 Å². The molecule has 16 heavy (non-hydrogen) atoms. The van der Waals surface area contributed by atoms with Gasteiger partial charge in [-0.2, -0.15) is 0 Å². The molecule has 4 nitrogen and oxygen atoms in total. The first-order valence-corrected chi connectivity index (χ1v) is 6.88. The summed E-state index contributed by atoms with van der Waals surface area (Å²) in [6, 6.07) is 1.25. The fraction of sp³-hybridized carbons (Fsp3) is 1.00. The van der Waals surface area contributed by atoms with Crippen molar-refractivity contribution in [2.24, 2.45) is 5.41 Å². The molecule has 3 N–H and O–H groups in total. The Hall–Kier alpha value is 0.130. The molecule has 4 fully saturated rings. The molecule has 3 aliphatic heterocycles. The van der Waals surface area contributed by atoms with Crippen LogP contribution in [0.5, 0.6) is 0 Å². The second kappa shape index (κ2) is 3.33. The van der Waals surface area contributed by atoms with Crippen LogP contribution >= 0.6 is 11.6 Å². The second-order valence-electron chi connectivity index (χ2n) is 5.78. The van der Waals surface area contributed by atoms with Gasteiger partial charge in [-0.25, -0.2) is 10.4 Å². The largest absolute Gasteiger partial charge is 0.311 e. The quantitative estimate of drug-likeness (QED) is 0.419. The Bertz CT molecular complexity index is 306. The topological polar surface area (TPSA) is 39.3 Å². The number of nitrogens with one attached hydrogen (secondary N) is 3. The Morgan fingerprint density at radius 3 is 2.88 bits per heavy atom. The molecule has 0 amide bonds. The van der Waals surface area contributed by atoms with Crippen molar-refractivity contribution in [2.75, 3.05) is 13.1 Å². The van der Waals surface area contributed by atoms with E-state index in [0.717, 1.165) is 13.0 Å². The van der Waals surface area contributed by atoms with Crippen molar-refractivity contribution in [1.82, 2.24) is 21.1 Å². The lowest BCUT2D eigenvalue weighted by molar-refractivity contribution is -0.0212. The number of fused-ring (bicyclic) bond motifs is 4. The Morgan fingerprint density at radius 1 is 1.19 bits per heavy atom. The van der Waals surface area contributed by atoms with Gasteiger partial charge in [-0.3, -0.25) is 5.32 Å². The Balaban J connectivity index is 1.65. The van der Waals surface area contributed by atoms with Crippen molar-refractivity contribution in [3.05, 3.63) is 0 Å². The predicted octanol–water partition coefficient (Wildman–Crippen LogP) is 0.202. The zero-order valence-electron chi connectivity index (χ0n) is 9.38. The van der Waals surface area contributed by atoms with Crippen LogP contribution in [0, 0.1) is 5.41 Å². The Labute approximate surface area is 101 Å². The van der Waals surface area contributed by atoms with E-state index in [1.807, 2.05) is 0 Å². The molecule has 3 saturated heterocycles. The SMILES string of the molecule is ClC1CC2NCC3NCCC4(CC4)C3N2N1. The van der Waals surface area contributed by atoms with Gasteiger partial charge < -0.3 is 5.32 Å². The molecule has 0 aromatic carbocycles. The number of rotatable bonds is 0. The lowest BCUT2D eigenvalue weighted by Gasteiger charge is -2.50. The van der Waals surface area contributed by atoms with Gasteiger partial charge in [-0.05, 0) is 31.2 Å². The fourth-order valence-corrected chi connectivity index (χ4v) is 4.19. The maximum absolute atomic E-state index is 6.22. The molecule has 3 heterocycles. The van der Waals surface area contributed by atoms with E-state index in [1.54, 1.807) is 0 Å². The molecule has 0 radical (unpaired) electrons. The number of piperidine rings is 1. The van der Waals surface area contributed by atoms with Crippen LogP contribution in [0.25, 0.3) is 0 Å². The number of hydrazine groups is 1. The zero-order valence-corrected chi connectivity index (χ0v) is 10.1. The Morgan fingerprint density at radius 2 is 2.06 bits per heavy atom. The fourth-order valence-electron chi connectivity index (χ4n) is 3.90. The standard InChI is InChI=1S/C11H19ClN4/c12-8-5-9-14-6-7-10(16(9)15-8)11(1-2-11)3-4-13-7/h7-10,13-15H,1-6H2. The van der Waals surface area contributed by atoms with Crippen LogP contribution in [0.2, 0.25) is 0 Å². The highest BCUT2D eigenvalue weighted by Gasteiger charge is 2.59. The van der Waals surface area contributed by atoms with Crippen LogP contribution in [-0.4, -0.2) is 41.8 Å². The first-order valence-electron chi connectivity index (χ1n) is 6.44.